The maximum absolute atomic E-state index is 5.70. The molecule has 0 saturated heterocycles. The topological polar surface area (TPSA) is 71.7 Å². The summed E-state index contributed by atoms with van der Waals surface area (Å²) in [5.41, 5.74) is 3.44. The second-order valence-corrected chi connectivity index (χ2v) is 6.83. The zero-order valence-corrected chi connectivity index (χ0v) is 20.4. The quantitative estimate of drug-likeness (QED) is 0.191. The van der Waals surface area contributed by atoms with E-state index < -0.39 is 0 Å². The van der Waals surface area contributed by atoms with Crippen molar-refractivity contribution in [1.29, 1.82) is 0 Å². The third-order valence-electron chi connectivity index (χ3n) is 4.81. The van der Waals surface area contributed by atoms with Gasteiger partial charge in [-0.05, 0) is 30.4 Å². The fraction of sp³-hybridized carbons (Fsp3) is 0.545. The Morgan fingerprint density at radius 3 is 2.45 bits per heavy atom. The zero-order chi connectivity index (χ0) is 20.2. The number of benzene rings is 1. The van der Waals surface area contributed by atoms with Gasteiger partial charge in [-0.25, -0.2) is 0 Å². The van der Waals surface area contributed by atoms with Crippen LogP contribution in [-0.2, 0) is 24.4 Å². The maximum Gasteiger partial charge on any atom is 0.191 e. The van der Waals surface area contributed by atoms with Crippen LogP contribution in [-0.4, -0.2) is 24.8 Å². The number of aromatic nitrogens is 1. The van der Waals surface area contributed by atoms with E-state index in [-0.39, 0.29) is 24.0 Å². The molecule has 0 spiro atoms. The minimum absolute atomic E-state index is 0. The van der Waals surface area contributed by atoms with Crippen LogP contribution in [0.2, 0.25) is 0 Å². The summed E-state index contributed by atoms with van der Waals surface area (Å²) in [6.45, 7) is 9.12. The second-order valence-electron chi connectivity index (χ2n) is 6.83. The van der Waals surface area contributed by atoms with Crippen molar-refractivity contribution in [3.8, 4) is 0 Å². The predicted octanol–water partition coefficient (Wildman–Crippen LogP) is 4.99. The first-order valence-electron chi connectivity index (χ1n) is 10.3. The summed E-state index contributed by atoms with van der Waals surface area (Å²) >= 11 is 0. The van der Waals surface area contributed by atoms with Crippen molar-refractivity contribution < 1.29 is 9.26 Å². The Morgan fingerprint density at radius 2 is 1.79 bits per heavy atom. The summed E-state index contributed by atoms with van der Waals surface area (Å²) < 4.78 is 11.2. The molecule has 0 unspecified atom stereocenters. The van der Waals surface area contributed by atoms with Gasteiger partial charge in [-0.1, -0.05) is 50.2 Å². The largest absolute Gasteiger partial charge is 0.377 e. The van der Waals surface area contributed by atoms with Crippen LogP contribution in [0.3, 0.4) is 0 Å². The normalized spacial score (nSPS) is 11.4. The van der Waals surface area contributed by atoms with E-state index in [1.165, 1.54) is 11.1 Å². The smallest absolute Gasteiger partial charge is 0.191 e. The molecule has 0 aliphatic heterocycles. The van der Waals surface area contributed by atoms with Crippen LogP contribution in [0.15, 0.2) is 39.8 Å². The van der Waals surface area contributed by atoms with Crippen molar-refractivity contribution in [2.45, 2.75) is 65.6 Å². The first kappa shape index (κ1) is 25.4. The number of nitrogens with zero attached hydrogens (tertiary/aromatic N) is 2. The van der Waals surface area contributed by atoms with E-state index in [1.54, 1.807) is 7.05 Å². The first-order chi connectivity index (χ1) is 13.7. The molecular weight excluding hydrogens is 479 g/mol. The molecule has 1 aromatic carbocycles. The van der Waals surface area contributed by atoms with Gasteiger partial charge in [-0.3, -0.25) is 4.99 Å². The summed E-state index contributed by atoms with van der Waals surface area (Å²) in [6, 6.07) is 10.4. The van der Waals surface area contributed by atoms with Crippen LogP contribution < -0.4 is 10.6 Å². The fourth-order valence-corrected chi connectivity index (χ4v) is 3.08. The fourth-order valence-electron chi connectivity index (χ4n) is 3.08. The third-order valence-corrected chi connectivity index (χ3v) is 4.81. The van der Waals surface area contributed by atoms with Gasteiger partial charge in [0.25, 0.3) is 0 Å². The first-order valence-corrected chi connectivity index (χ1v) is 10.3. The van der Waals surface area contributed by atoms with Crippen LogP contribution in [0.4, 0.5) is 0 Å². The Balaban J connectivity index is 0.00000420. The Labute approximate surface area is 191 Å². The Kier molecular flexibility index (Phi) is 12.6. The van der Waals surface area contributed by atoms with Crippen molar-refractivity contribution in [3.63, 3.8) is 0 Å². The zero-order valence-electron chi connectivity index (χ0n) is 18.0. The van der Waals surface area contributed by atoms with E-state index in [2.05, 4.69) is 53.7 Å². The van der Waals surface area contributed by atoms with Gasteiger partial charge in [0.2, 0.25) is 0 Å². The molecular formula is C22H35IN4O2. The third kappa shape index (κ3) is 8.34. The van der Waals surface area contributed by atoms with Gasteiger partial charge in [0, 0.05) is 32.2 Å². The number of nitrogens with one attached hydrogen (secondary N) is 2. The van der Waals surface area contributed by atoms with Crippen molar-refractivity contribution in [3.05, 3.63) is 52.9 Å². The molecule has 7 heteroatoms. The number of halogens is 1. The second kappa shape index (κ2) is 14.4. The standard InChI is InChI=1S/C22H34N4O2.HI/c1-5-12-27-16-19-11-9-8-10-18(19)14-24-22(23-4)25-15-20-13-21(26-28-20)17(6-2)7-3;/h8-11,13,17H,5-7,12,14-16H2,1-4H3,(H2,23,24,25);1H. The van der Waals surface area contributed by atoms with Gasteiger partial charge >= 0.3 is 0 Å². The highest BCUT2D eigenvalue weighted by Gasteiger charge is 2.13. The van der Waals surface area contributed by atoms with Crippen molar-refractivity contribution >= 4 is 29.9 Å². The van der Waals surface area contributed by atoms with E-state index in [9.17, 15) is 0 Å². The van der Waals surface area contributed by atoms with Crippen LogP contribution in [0.5, 0.6) is 0 Å². The summed E-state index contributed by atoms with van der Waals surface area (Å²) in [5, 5.41) is 10.9. The highest BCUT2D eigenvalue weighted by atomic mass is 127. The minimum atomic E-state index is 0. The van der Waals surface area contributed by atoms with Gasteiger partial charge < -0.3 is 19.9 Å². The van der Waals surface area contributed by atoms with Gasteiger partial charge in [-0.2, -0.15) is 0 Å². The lowest BCUT2D eigenvalue weighted by Gasteiger charge is -2.14. The van der Waals surface area contributed by atoms with E-state index in [1.807, 2.05) is 18.2 Å². The maximum atomic E-state index is 5.70. The van der Waals surface area contributed by atoms with Gasteiger partial charge in [0.15, 0.2) is 11.7 Å². The lowest BCUT2D eigenvalue weighted by atomic mass is 9.99. The van der Waals surface area contributed by atoms with E-state index in [4.69, 9.17) is 9.26 Å². The van der Waals surface area contributed by atoms with E-state index >= 15 is 0 Å². The molecule has 6 nitrogen and oxygen atoms in total. The number of ether oxygens (including phenoxy) is 1. The molecule has 0 radical (unpaired) electrons. The Bertz CT molecular complexity index is 729. The molecule has 162 valence electrons. The van der Waals surface area contributed by atoms with Crippen molar-refractivity contribution in [1.82, 2.24) is 15.8 Å². The van der Waals surface area contributed by atoms with E-state index in [0.717, 1.165) is 43.3 Å². The predicted molar refractivity (Wildman–Crippen MR) is 129 cm³/mol. The lowest BCUT2D eigenvalue weighted by Crippen LogP contribution is -2.36. The SMILES string of the molecule is CCCOCc1ccccc1CNC(=NC)NCc1cc(C(CC)CC)no1.I. The summed E-state index contributed by atoms with van der Waals surface area (Å²) in [7, 11) is 1.77. The van der Waals surface area contributed by atoms with E-state index in [0.29, 0.717) is 25.6 Å². The molecule has 0 aliphatic carbocycles. The molecule has 2 rings (SSSR count). The summed E-state index contributed by atoms with van der Waals surface area (Å²) in [5.74, 6) is 2.00. The lowest BCUT2D eigenvalue weighted by molar-refractivity contribution is 0.121. The molecule has 0 bridgehead atoms. The highest BCUT2D eigenvalue weighted by Crippen LogP contribution is 2.22. The molecule has 0 fully saturated rings. The average Bonchev–Trinajstić information content (AvgIpc) is 3.19. The van der Waals surface area contributed by atoms with Crippen LogP contribution in [0, 0.1) is 0 Å². The molecule has 29 heavy (non-hydrogen) atoms. The molecule has 0 saturated carbocycles. The highest BCUT2D eigenvalue weighted by molar-refractivity contribution is 14.0. The summed E-state index contributed by atoms with van der Waals surface area (Å²) in [4.78, 5) is 4.30. The van der Waals surface area contributed by atoms with Gasteiger partial charge in [0.1, 0.15) is 0 Å². The minimum Gasteiger partial charge on any atom is -0.377 e. The van der Waals surface area contributed by atoms with Crippen LogP contribution in [0.25, 0.3) is 0 Å². The van der Waals surface area contributed by atoms with Gasteiger partial charge in [-0.15, -0.1) is 24.0 Å². The Morgan fingerprint density at radius 1 is 1.10 bits per heavy atom. The number of hydrogen-bond donors (Lipinski definition) is 2. The van der Waals surface area contributed by atoms with Crippen molar-refractivity contribution in [2.24, 2.45) is 4.99 Å². The number of rotatable bonds is 11. The average molecular weight is 514 g/mol. The molecule has 0 atom stereocenters. The molecule has 0 amide bonds. The monoisotopic (exact) mass is 514 g/mol. The number of hydrogen-bond acceptors (Lipinski definition) is 4. The Hall–Kier alpha value is -1.61. The molecule has 2 N–H and O–H groups in total. The summed E-state index contributed by atoms with van der Waals surface area (Å²) in [6.07, 6.45) is 3.17. The molecule has 1 heterocycles. The number of guanidine groups is 1. The molecule has 0 aliphatic rings. The molecule has 1 aromatic heterocycles. The van der Waals surface area contributed by atoms with Crippen LogP contribution >= 0.6 is 24.0 Å². The molecule has 2 aromatic rings. The van der Waals surface area contributed by atoms with Crippen molar-refractivity contribution in [2.75, 3.05) is 13.7 Å². The number of aliphatic imine (C=N–C) groups is 1. The van der Waals surface area contributed by atoms with Gasteiger partial charge in [0.05, 0.1) is 18.8 Å². The van der Waals surface area contributed by atoms with Crippen LogP contribution in [0.1, 0.15) is 68.5 Å².